The van der Waals surface area contributed by atoms with Crippen molar-refractivity contribution in [3.8, 4) is 0 Å². The van der Waals surface area contributed by atoms with Gasteiger partial charge in [-0.3, -0.25) is 14.6 Å². The molecule has 1 heterocycles. The van der Waals surface area contributed by atoms with Crippen LogP contribution in [-0.2, 0) is 21.6 Å². The summed E-state index contributed by atoms with van der Waals surface area (Å²) >= 11 is 11.5. The quantitative estimate of drug-likeness (QED) is 0.505. The van der Waals surface area contributed by atoms with Crippen molar-refractivity contribution < 1.29 is 26.4 Å². The maximum absolute atomic E-state index is 11.7. The number of Topliss-reactive ketones (excluding diaryl/α,β-unsaturated/α-hetero) is 1. The Hall–Kier alpha value is -1.60. The number of carbonyl (C=O) groups excluding carboxylic acids is 2. The van der Waals surface area contributed by atoms with Crippen LogP contribution in [0.25, 0.3) is 5.43 Å². The number of carbonyl (C=O) groups is 1. The number of halogens is 2. The van der Waals surface area contributed by atoms with Gasteiger partial charge in [-0.2, -0.15) is 0 Å². The van der Waals surface area contributed by atoms with Gasteiger partial charge in [0.15, 0.2) is 0 Å². The molecular weight excluding hydrogens is 360 g/mol. The maximum Gasteiger partial charge on any atom is 2.00 e. The Bertz CT molecular complexity index is 642. The summed E-state index contributed by atoms with van der Waals surface area (Å²) < 4.78 is 0. The Morgan fingerprint density at radius 2 is 1.95 bits per heavy atom. The van der Waals surface area contributed by atoms with Gasteiger partial charge in [-0.05, 0) is 30.5 Å². The van der Waals surface area contributed by atoms with Crippen LogP contribution in [0.5, 0.6) is 0 Å². The van der Waals surface area contributed by atoms with Crippen molar-refractivity contribution in [2.24, 2.45) is 0 Å². The molecular formula is C13H9Cl2CoN3O2+2. The zero-order valence-electron chi connectivity index (χ0n) is 10.4. The van der Waals surface area contributed by atoms with Crippen LogP contribution >= 0.6 is 23.2 Å². The molecule has 2 rings (SSSR count). The van der Waals surface area contributed by atoms with Crippen LogP contribution in [0.15, 0.2) is 58.5 Å². The van der Waals surface area contributed by atoms with Gasteiger partial charge in [0.2, 0.25) is 5.78 Å². The van der Waals surface area contributed by atoms with Gasteiger partial charge >= 0.3 is 16.8 Å². The molecule has 0 bridgehead atoms. The summed E-state index contributed by atoms with van der Waals surface area (Å²) in [4.78, 5) is 25.2. The molecule has 8 heteroatoms. The summed E-state index contributed by atoms with van der Waals surface area (Å²) in [5.41, 5.74) is 6.91. The van der Waals surface area contributed by atoms with E-state index >= 15 is 0 Å². The van der Waals surface area contributed by atoms with E-state index in [9.17, 15) is 9.59 Å². The monoisotopic (exact) mass is 368 g/mol. The van der Waals surface area contributed by atoms with Gasteiger partial charge in [0.05, 0.1) is 10.6 Å². The number of hydrogen-bond donors (Lipinski definition) is 1. The summed E-state index contributed by atoms with van der Waals surface area (Å²) in [5.74, 6) is -0.605. The first-order valence-electron chi connectivity index (χ1n) is 5.50. The van der Waals surface area contributed by atoms with Gasteiger partial charge in [0, 0.05) is 23.0 Å². The molecule has 0 atom stereocenters. The third-order valence-electron chi connectivity index (χ3n) is 2.37. The van der Waals surface area contributed by atoms with E-state index in [2.05, 4.69) is 15.8 Å². The average molecular weight is 369 g/mol. The van der Waals surface area contributed by atoms with Crippen LogP contribution < -0.4 is 5.43 Å². The Kier molecular flexibility index (Phi) is 6.64. The fraction of sp³-hybridized carbons (Fsp3) is 0. The second kappa shape index (κ2) is 7.99. The van der Waals surface area contributed by atoms with Crippen molar-refractivity contribution in [3.05, 3.63) is 69.5 Å². The van der Waals surface area contributed by atoms with E-state index in [-0.39, 0.29) is 39.1 Å². The minimum atomic E-state index is -0.373. The SMILES string of the molecule is O=C1C(Cl)=CC(Cl)=CC1=CN[N-]C(=[OH+])c1ccncc1.[Co+2]. The second-order valence-electron chi connectivity index (χ2n) is 3.75. The van der Waals surface area contributed by atoms with Crippen molar-refractivity contribution in [2.45, 2.75) is 0 Å². The van der Waals surface area contributed by atoms with Crippen molar-refractivity contribution in [1.82, 2.24) is 10.4 Å². The smallest absolute Gasteiger partial charge is 0.513 e. The van der Waals surface area contributed by atoms with Crippen LogP contribution in [0.1, 0.15) is 5.56 Å². The van der Waals surface area contributed by atoms with Gasteiger partial charge in [-0.1, -0.05) is 23.2 Å². The summed E-state index contributed by atoms with van der Waals surface area (Å²) in [6.07, 6.45) is 7.16. The first-order chi connectivity index (χ1) is 9.58. The third-order valence-corrected chi connectivity index (χ3v) is 2.87. The predicted molar refractivity (Wildman–Crippen MR) is 77.7 cm³/mol. The summed E-state index contributed by atoms with van der Waals surface area (Å²) in [7, 11) is 0. The number of pyridine rings is 1. The topological polar surface area (TPSA) is 77.5 Å². The summed E-state index contributed by atoms with van der Waals surface area (Å²) in [6.45, 7) is 0. The number of allylic oxidation sites excluding steroid dienone is 5. The van der Waals surface area contributed by atoms with E-state index in [0.717, 1.165) is 0 Å². The van der Waals surface area contributed by atoms with E-state index in [1.54, 1.807) is 12.1 Å². The van der Waals surface area contributed by atoms with E-state index in [4.69, 9.17) is 23.2 Å². The molecule has 0 aromatic carbocycles. The molecule has 0 unspecified atom stereocenters. The van der Waals surface area contributed by atoms with E-state index in [0.29, 0.717) is 10.6 Å². The Labute approximate surface area is 141 Å². The van der Waals surface area contributed by atoms with Gasteiger partial charge in [0.1, 0.15) is 0 Å². The number of nitrogens with zero attached hydrogens (tertiary/aromatic N) is 2. The molecule has 0 spiro atoms. The zero-order chi connectivity index (χ0) is 14.5. The molecule has 5 nitrogen and oxygen atoms in total. The second-order valence-corrected chi connectivity index (χ2v) is 4.59. The molecule has 1 aromatic heterocycles. The van der Waals surface area contributed by atoms with E-state index < -0.39 is 0 Å². The molecule has 1 aliphatic carbocycles. The number of rotatable bonds is 3. The summed E-state index contributed by atoms with van der Waals surface area (Å²) in [5, 5.41) is 0.359. The minimum absolute atomic E-state index is 0. The number of nitrogens with one attached hydrogen (secondary N) is 1. The van der Waals surface area contributed by atoms with Crippen molar-refractivity contribution in [3.63, 3.8) is 0 Å². The van der Waals surface area contributed by atoms with E-state index in [1.807, 2.05) is 0 Å². The van der Waals surface area contributed by atoms with Crippen molar-refractivity contribution >= 4 is 34.9 Å². The number of amides is 1. The van der Waals surface area contributed by atoms with Crippen molar-refractivity contribution in [1.29, 1.82) is 0 Å². The molecule has 1 aromatic rings. The molecule has 0 fully saturated rings. The molecule has 0 saturated heterocycles. The van der Waals surface area contributed by atoms with Crippen molar-refractivity contribution in [2.75, 3.05) is 0 Å². The zero-order valence-corrected chi connectivity index (χ0v) is 12.9. The molecule has 21 heavy (non-hydrogen) atoms. The normalized spacial score (nSPS) is 15.7. The summed E-state index contributed by atoms with van der Waals surface area (Å²) in [6, 6.07) is 3.19. The van der Waals surface area contributed by atoms with Gasteiger partial charge in [0.25, 0.3) is 5.91 Å². The average Bonchev–Trinajstić information content (AvgIpc) is 2.44. The number of aromatic nitrogens is 1. The molecule has 2 N–H and O–H groups in total. The molecule has 109 valence electrons. The number of ketones is 1. The fourth-order valence-corrected chi connectivity index (χ4v) is 1.93. The van der Waals surface area contributed by atoms with Gasteiger partial charge in [-0.25, -0.2) is 0 Å². The van der Waals surface area contributed by atoms with Gasteiger partial charge in [-0.15, -0.1) is 0 Å². The maximum atomic E-state index is 11.7. The first-order valence-corrected chi connectivity index (χ1v) is 6.25. The van der Waals surface area contributed by atoms with E-state index in [1.165, 1.54) is 30.7 Å². The Morgan fingerprint density at radius 3 is 2.62 bits per heavy atom. The van der Waals surface area contributed by atoms with Crippen LogP contribution in [0, 0.1) is 0 Å². The standard InChI is InChI=1S/C13H9Cl2N3O2.Co/c14-10-5-9(12(19)11(15)6-10)7-17-18-13(20)8-1-3-16-4-2-8;/h1-7H,(H2,16,17,18,19,20);/q;+2. The Balaban J connectivity index is 0.00000220. The largest absolute Gasteiger partial charge is 2.00 e. The molecule has 1 aliphatic rings. The van der Waals surface area contributed by atoms with Crippen LogP contribution in [-0.4, -0.2) is 21.5 Å². The molecule has 1 radical (unpaired) electrons. The fourth-order valence-electron chi connectivity index (χ4n) is 1.42. The van der Waals surface area contributed by atoms with Crippen LogP contribution in [0.3, 0.4) is 0 Å². The Morgan fingerprint density at radius 1 is 1.29 bits per heavy atom. The van der Waals surface area contributed by atoms with Gasteiger partial charge < -0.3 is 10.9 Å². The number of hydrogen-bond acceptors (Lipinski definition) is 3. The predicted octanol–water partition coefficient (Wildman–Crippen LogP) is 2.52. The molecule has 1 amide bonds. The first kappa shape index (κ1) is 17.4. The molecule has 0 aliphatic heterocycles. The minimum Gasteiger partial charge on any atom is -0.513 e. The van der Waals surface area contributed by atoms with Crippen LogP contribution in [0.2, 0.25) is 0 Å². The third kappa shape index (κ3) is 4.71. The molecule has 0 saturated carbocycles. The van der Waals surface area contributed by atoms with Crippen LogP contribution in [0.4, 0.5) is 0 Å².